The molecule has 0 aromatic carbocycles. The first kappa shape index (κ1) is 17.7. The monoisotopic (exact) mass is 323 g/mol. The summed E-state index contributed by atoms with van der Waals surface area (Å²) >= 11 is 0. The van der Waals surface area contributed by atoms with Crippen LogP contribution in [0.15, 0.2) is 48.6 Å². The van der Waals surface area contributed by atoms with Crippen molar-refractivity contribution < 1.29 is 12.6 Å². The first-order valence-electron chi connectivity index (χ1n) is 9.54. The number of unbranched alkanes of at least 4 members (excludes halogenated alkanes) is 1. The number of hydrogen-bond donors (Lipinski definition) is 2. The zero-order chi connectivity index (χ0) is 18.9. The number of carboxylic acids is 1. The molecule has 0 fully saturated rings. The Labute approximate surface area is 144 Å². The fourth-order valence-electron chi connectivity index (χ4n) is 1.92. The van der Waals surface area contributed by atoms with Crippen LogP contribution in [0.5, 0.6) is 0 Å². The fraction of sp³-hybridized carbons (Fsp3) is 0.550. The zero-order valence-electron chi connectivity index (χ0n) is 16.3. The van der Waals surface area contributed by atoms with Gasteiger partial charge >= 0.3 is 5.97 Å². The summed E-state index contributed by atoms with van der Waals surface area (Å²) in [6.45, 7) is 2.07. The van der Waals surface area contributed by atoms with Gasteiger partial charge in [-0.15, -0.1) is 0 Å². The molecule has 3 nitrogen and oxygen atoms in total. The van der Waals surface area contributed by atoms with Crippen molar-refractivity contribution in [3.8, 4) is 0 Å². The normalized spacial score (nSPS) is 15.9. The van der Waals surface area contributed by atoms with Crippen LogP contribution in [-0.4, -0.2) is 17.1 Å². The Kier molecular flexibility index (Phi) is 12.9. The molecule has 0 amide bonds. The third-order valence-electron chi connectivity index (χ3n) is 3.17. The molecule has 0 unspecified atom stereocenters. The second-order valence-electron chi connectivity index (χ2n) is 5.48. The molecule has 0 bridgehead atoms. The molecule has 0 radical (unpaired) electrons. The van der Waals surface area contributed by atoms with Crippen LogP contribution in [0.2, 0.25) is 0 Å². The smallest absolute Gasteiger partial charge is 0.303 e. The molecule has 0 saturated heterocycles. The molecule has 0 rings (SSSR count). The molecule has 0 aromatic rings. The molecule has 23 heavy (non-hydrogen) atoms. The van der Waals surface area contributed by atoms with Gasteiger partial charge in [0.2, 0.25) is 0 Å². The minimum Gasteiger partial charge on any atom is -0.481 e. The van der Waals surface area contributed by atoms with Crippen LogP contribution in [0.3, 0.4) is 0 Å². The molecule has 3 heteroatoms. The molecular formula is C20H33NO2. The van der Waals surface area contributed by atoms with Crippen LogP contribution >= 0.6 is 0 Å². The maximum atomic E-state index is 10.3. The van der Waals surface area contributed by atoms with E-state index in [0.717, 1.165) is 32.1 Å². The third-order valence-corrected chi connectivity index (χ3v) is 3.17. The van der Waals surface area contributed by atoms with E-state index < -0.39 is 5.97 Å². The summed E-state index contributed by atoms with van der Waals surface area (Å²) in [5.74, 6) is -0.743. The van der Waals surface area contributed by atoms with Crippen molar-refractivity contribution in [3.05, 3.63) is 48.6 Å². The third kappa shape index (κ3) is 18.3. The highest BCUT2D eigenvalue weighted by Gasteiger charge is 1.95. The average Bonchev–Trinajstić information content (AvgIpc) is 2.55. The van der Waals surface area contributed by atoms with Gasteiger partial charge in [0.25, 0.3) is 0 Å². The van der Waals surface area contributed by atoms with Gasteiger partial charge in [-0.2, -0.15) is 0 Å². The minimum absolute atomic E-state index is 0.0121. The molecule has 0 heterocycles. The standard InChI is InChI=1S/C20H33NO2/c1-2-16-19(21)17-14-12-10-8-6-4-3-5-7-9-11-13-15-18-20(22)23/h3,5-6,8-9,11-12,14,19H,2,4,7,10,13,15-18,21H2,1H3,(H,22,23)/b5-3-,8-6-,11-9-,14-12?/t19-/m0/s1/i12T,14T. The van der Waals surface area contributed by atoms with Crippen LogP contribution in [0.4, 0.5) is 0 Å². The van der Waals surface area contributed by atoms with Crippen LogP contribution in [0.25, 0.3) is 0 Å². The SMILES string of the molecule is [3H]C(C/C=C\C/C=C\C/C=C\CCCC(=O)O)=C([3H])C[C@@H](N)CCC. The van der Waals surface area contributed by atoms with Crippen LogP contribution in [0.1, 0.15) is 67.5 Å². The zero-order valence-corrected chi connectivity index (χ0v) is 14.3. The van der Waals surface area contributed by atoms with E-state index in [1.54, 1.807) is 0 Å². The van der Waals surface area contributed by atoms with Gasteiger partial charge in [0.1, 0.15) is 0 Å². The predicted molar refractivity (Wildman–Crippen MR) is 99.4 cm³/mol. The number of allylic oxidation sites excluding steroid dienone is 7. The summed E-state index contributed by atoms with van der Waals surface area (Å²) in [5.41, 5.74) is 5.90. The van der Waals surface area contributed by atoms with E-state index in [9.17, 15) is 4.79 Å². The lowest BCUT2D eigenvalue weighted by Gasteiger charge is -2.04. The van der Waals surface area contributed by atoms with Crippen LogP contribution < -0.4 is 5.73 Å². The number of carboxylic acid groups (broad SMARTS) is 1. The second-order valence-corrected chi connectivity index (χ2v) is 5.48. The average molecular weight is 324 g/mol. The van der Waals surface area contributed by atoms with Gasteiger partial charge in [-0.1, -0.05) is 61.9 Å². The fourth-order valence-corrected chi connectivity index (χ4v) is 1.92. The van der Waals surface area contributed by atoms with Crippen molar-refractivity contribution in [1.29, 1.82) is 0 Å². The Balaban J connectivity index is 3.86. The number of rotatable bonds is 14. The van der Waals surface area contributed by atoms with Crippen LogP contribution in [-0.2, 0) is 4.79 Å². The van der Waals surface area contributed by atoms with Gasteiger partial charge in [-0.05, 0) is 44.9 Å². The molecule has 0 aliphatic carbocycles. The van der Waals surface area contributed by atoms with E-state index >= 15 is 0 Å². The van der Waals surface area contributed by atoms with E-state index in [0.29, 0.717) is 31.4 Å². The molecule has 0 aliphatic heterocycles. The Bertz CT molecular complexity index is 482. The van der Waals surface area contributed by atoms with Crippen molar-refractivity contribution in [2.75, 3.05) is 0 Å². The Morgan fingerprint density at radius 1 is 1.09 bits per heavy atom. The highest BCUT2D eigenvalue weighted by molar-refractivity contribution is 5.66. The highest BCUT2D eigenvalue weighted by Crippen LogP contribution is 2.01. The maximum absolute atomic E-state index is 10.3. The molecular weight excluding hydrogens is 286 g/mol. The molecule has 0 aliphatic rings. The number of hydrogen-bond acceptors (Lipinski definition) is 2. The lowest BCUT2D eigenvalue weighted by molar-refractivity contribution is -0.137. The molecule has 0 aromatic heterocycles. The minimum atomic E-state index is -0.743. The lowest BCUT2D eigenvalue weighted by Crippen LogP contribution is -2.17. The van der Waals surface area contributed by atoms with Gasteiger partial charge in [0.05, 0.1) is 2.74 Å². The summed E-state index contributed by atoms with van der Waals surface area (Å²) in [4.78, 5) is 10.3. The Morgan fingerprint density at radius 2 is 1.70 bits per heavy atom. The van der Waals surface area contributed by atoms with Gasteiger partial charge in [-0.3, -0.25) is 4.79 Å². The first-order valence-corrected chi connectivity index (χ1v) is 8.54. The van der Waals surface area contributed by atoms with Crippen LogP contribution in [0, 0.1) is 0 Å². The van der Waals surface area contributed by atoms with Crippen molar-refractivity contribution >= 4 is 5.97 Å². The quantitative estimate of drug-likeness (QED) is 0.343. The predicted octanol–water partition coefficient (Wildman–Crippen LogP) is 5.15. The molecule has 0 spiro atoms. The summed E-state index contributed by atoms with van der Waals surface area (Å²) < 4.78 is 15.8. The molecule has 1 atom stereocenters. The van der Waals surface area contributed by atoms with E-state index in [-0.39, 0.29) is 12.5 Å². The number of nitrogens with two attached hydrogens (primary N) is 1. The molecule has 130 valence electrons. The molecule has 3 N–H and O–H groups in total. The topological polar surface area (TPSA) is 63.3 Å². The van der Waals surface area contributed by atoms with Crippen molar-refractivity contribution in [1.82, 2.24) is 0 Å². The van der Waals surface area contributed by atoms with Crippen molar-refractivity contribution in [3.63, 3.8) is 0 Å². The Morgan fingerprint density at radius 3 is 2.30 bits per heavy atom. The lowest BCUT2D eigenvalue weighted by atomic mass is 10.1. The van der Waals surface area contributed by atoms with Gasteiger partial charge in [0, 0.05) is 12.5 Å². The van der Waals surface area contributed by atoms with Gasteiger partial charge in [-0.25, -0.2) is 0 Å². The second kappa shape index (κ2) is 16.8. The van der Waals surface area contributed by atoms with Crippen molar-refractivity contribution in [2.45, 2.75) is 70.8 Å². The summed E-state index contributed by atoms with van der Waals surface area (Å²) in [6.07, 6.45) is 18.3. The first-order chi connectivity index (χ1) is 12.0. The van der Waals surface area contributed by atoms with E-state index in [1.807, 2.05) is 24.3 Å². The summed E-state index contributed by atoms with van der Waals surface area (Å²) in [7, 11) is 0. The van der Waals surface area contributed by atoms with E-state index in [1.165, 1.54) is 0 Å². The highest BCUT2D eigenvalue weighted by atomic mass is 16.4. The van der Waals surface area contributed by atoms with E-state index in [2.05, 4.69) is 19.1 Å². The summed E-state index contributed by atoms with van der Waals surface area (Å²) in [6, 6.07) is 0.673. The number of aliphatic carboxylic acids is 1. The summed E-state index contributed by atoms with van der Waals surface area (Å²) in [5, 5.41) is 8.51. The maximum Gasteiger partial charge on any atom is 0.303 e. The Hall–Kier alpha value is -1.61. The van der Waals surface area contributed by atoms with Crippen molar-refractivity contribution in [2.24, 2.45) is 5.73 Å². The van der Waals surface area contributed by atoms with E-state index in [4.69, 9.17) is 13.6 Å². The van der Waals surface area contributed by atoms with Gasteiger partial charge < -0.3 is 10.8 Å². The number of carbonyl (C=O) groups is 1. The molecule has 0 saturated carbocycles. The largest absolute Gasteiger partial charge is 0.481 e. The van der Waals surface area contributed by atoms with Gasteiger partial charge in [0.15, 0.2) is 0 Å².